The quantitative estimate of drug-likeness (QED) is 0.662. The van der Waals surface area contributed by atoms with Gasteiger partial charge in [-0.2, -0.15) is 0 Å². The van der Waals surface area contributed by atoms with Gasteiger partial charge in [-0.15, -0.1) is 0 Å². The van der Waals surface area contributed by atoms with Crippen molar-refractivity contribution in [2.45, 2.75) is 6.92 Å². The van der Waals surface area contributed by atoms with E-state index in [0.29, 0.717) is 22.3 Å². The van der Waals surface area contributed by atoms with Gasteiger partial charge in [0.05, 0.1) is 9.72 Å². The zero-order valence-electron chi connectivity index (χ0n) is 14.5. The molecule has 4 nitrogen and oxygen atoms in total. The van der Waals surface area contributed by atoms with Gasteiger partial charge in [0.1, 0.15) is 5.52 Å². The third kappa shape index (κ3) is 3.84. The molecule has 0 N–H and O–H groups in total. The summed E-state index contributed by atoms with van der Waals surface area (Å²) in [7, 11) is 3.98. The first-order valence-electron chi connectivity index (χ1n) is 8.04. The SMILES string of the molecule is Cc1ccccc1C(=O)N(CCN(C)C)c1nc2c(Cl)cccc2s1. The van der Waals surface area contributed by atoms with Crippen LogP contribution in [-0.4, -0.2) is 43.0 Å². The molecule has 25 heavy (non-hydrogen) atoms. The minimum Gasteiger partial charge on any atom is -0.308 e. The highest BCUT2D eigenvalue weighted by molar-refractivity contribution is 7.22. The van der Waals surface area contributed by atoms with Crippen LogP contribution >= 0.6 is 22.9 Å². The van der Waals surface area contributed by atoms with Crippen LogP contribution in [0, 0.1) is 6.92 Å². The summed E-state index contributed by atoms with van der Waals surface area (Å²) in [5, 5.41) is 1.29. The molecule has 0 bridgehead atoms. The average molecular weight is 374 g/mol. The van der Waals surface area contributed by atoms with Crippen LogP contribution in [0.5, 0.6) is 0 Å². The number of anilines is 1. The summed E-state index contributed by atoms with van der Waals surface area (Å²) in [6.45, 7) is 3.27. The van der Waals surface area contributed by atoms with Gasteiger partial charge >= 0.3 is 0 Å². The Labute approximate surface area is 156 Å². The Kier molecular flexibility index (Phi) is 5.37. The summed E-state index contributed by atoms with van der Waals surface area (Å²) >= 11 is 7.75. The Balaban J connectivity index is 2.03. The van der Waals surface area contributed by atoms with Crippen molar-refractivity contribution in [1.29, 1.82) is 0 Å². The molecule has 2 aromatic carbocycles. The molecule has 0 aliphatic carbocycles. The summed E-state index contributed by atoms with van der Waals surface area (Å²) in [5.41, 5.74) is 2.41. The zero-order chi connectivity index (χ0) is 18.0. The van der Waals surface area contributed by atoms with Crippen molar-refractivity contribution in [2.24, 2.45) is 0 Å². The van der Waals surface area contributed by atoms with Crippen molar-refractivity contribution in [3.8, 4) is 0 Å². The number of halogens is 1. The molecule has 3 aromatic rings. The molecular weight excluding hydrogens is 354 g/mol. The number of hydrogen-bond donors (Lipinski definition) is 0. The minimum atomic E-state index is -0.0323. The summed E-state index contributed by atoms with van der Waals surface area (Å²) in [6.07, 6.45) is 0. The lowest BCUT2D eigenvalue weighted by Gasteiger charge is -2.22. The number of thiazole rings is 1. The highest BCUT2D eigenvalue weighted by Crippen LogP contribution is 2.33. The number of aromatic nitrogens is 1. The van der Waals surface area contributed by atoms with Gasteiger partial charge in [-0.05, 0) is 44.8 Å². The van der Waals surface area contributed by atoms with Gasteiger partial charge in [-0.25, -0.2) is 4.98 Å². The van der Waals surface area contributed by atoms with Crippen molar-refractivity contribution in [3.63, 3.8) is 0 Å². The number of carbonyl (C=O) groups is 1. The van der Waals surface area contributed by atoms with Crippen LogP contribution < -0.4 is 4.90 Å². The minimum absolute atomic E-state index is 0.0323. The number of carbonyl (C=O) groups excluding carboxylic acids is 1. The fourth-order valence-corrected chi connectivity index (χ4v) is 3.85. The molecule has 1 amide bonds. The van der Waals surface area contributed by atoms with Crippen LogP contribution in [0.1, 0.15) is 15.9 Å². The number of hydrogen-bond acceptors (Lipinski definition) is 4. The molecule has 0 atom stereocenters. The maximum atomic E-state index is 13.2. The summed E-state index contributed by atoms with van der Waals surface area (Å²) in [6, 6.07) is 13.3. The average Bonchev–Trinajstić information content (AvgIpc) is 3.00. The summed E-state index contributed by atoms with van der Waals surface area (Å²) in [4.78, 5) is 21.6. The molecule has 0 radical (unpaired) electrons. The van der Waals surface area contributed by atoms with E-state index in [4.69, 9.17) is 11.6 Å². The molecule has 0 saturated carbocycles. The smallest absolute Gasteiger partial charge is 0.260 e. The van der Waals surface area contributed by atoms with E-state index < -0.39 is 0 Å². The van der Waals surface area contributed by atoms with Crippen LogP contribution in [0.4, 0.5) is 5.13 Å². The van der Waals surface area contributed by atoms with E-state index in [-0.39, 0.29) is 5.91 Å². The number of benzene rings is 2. The molecule has 1 heterocycles. The lowest BCUT2D eigenvalue weighted by atomic mass is 10.1. The third-order valence-electron chi connectivity index (χ3n) is 3.98. The molecule has 130 valence electrons. The van der Waals surface area contributed by atoms with Crippen molar-refractivity contribution in [1.82, 2.24) is 9.88 Å². The van der Waals surface area contributed by atoms with Crippen molar-refractivity contribution < 1.29 is 4.79 Å². The van der Waals surface area contributed by atoms with E-state index in [2.05, 4.69) is 9.88 Å². The number of nitrogens with zero attached hydrogens (tertiary/aromatic N) is 3. The molecule has 0 spiro atoms. The lowest BCUT2D eigenvalue weighted by Crippen LogP contribution is -2.37. The fraction of sp³-hybridized carbons (Fsp3) is 0.263. The lowest BCUT2D eigenvalue weighted by molar-refractivity contribution is 0.0984. The van der Waals surface area contributed by atoms with Crippen LogP contribution in [0.3, 0.4) is 0 Å². The predicted molar refractivity (Wildman–Crippen MR) is 106 cm³/mol. The second-order valence-electron chi connectivity index (χ2n) is 6.16. The van der Waals surface area contributed by atoms with Crippen molar-refractivity contribution in [2.75, 3.05) is 32.1 Å². The van der Waals surface area contributed by atoms with E-state index in [0.717, 1.165) is 22.3 Å². The largest absolute Gasteiger partial charge is 0.308 e. The maximum absolute atomic E-state index is 13.2. The Morgan fingerprint density at radius 1 is 1.12 bits per heavy atom. The molecule has 0 aliphatic heterocycles. The predicted octanol–water partition coefficient (Wildman–Crippen LogP) is 4.47. The highest BCUT2D eigenvalue weighted by atomic mass is 35.5. The molecule has 0 aliphatic rings. The highest BCUT2D eigenvalue weighted by Gasteiger charge is 2.22. The van der Waals surface area contributed by atoms with Crippen molar-refractivity contribution in [3.05, 3.63) is 58.6 Å². The van der Waals surface area contributed by atoms with Gasteiger partial charge in [0, 0.05) is 18.7 Å². The van der Waals surface area contributed by atoms with Crippen LogP contribution in [-0.2, 0) is 0 Å². The maximum Gasteiger partial charge on any atom is 0.260 e. The van der Waals surface area contributed by atoms with E-state index in [9.17, 15) is 4.79 Å². The van der Waals surface area contributed by atoms with Crippen LogP contribution in [0.2, 0.25) is 5.02 Å². The molecule has 0 unspecified atom stereocenters. The first-order chi connectivity index (χ1) is 12.0. The van der Waals surface area contributed by atoms with E-state index in [1.54, 1.807) is 4.90 Å². The van der Waals surface area contributed by atoms with E-state index >= 15 is 0 Å². The number of fused-ring (bicyclic) bond motifs is 1. The van der Waals surface area contributed by atoms with Crippen LogP contribution in [0.15, 0.2) is 42.5 Å². The van der Waals surface area contributed by atoms with Gasteiger partial charge in [-0.3, -0.25) is 9.69 Å². The zero-order valence-corrected chi connectivity index (χ0v) is 16.1. The molecule has 1 aromatic heterocycles. The number of amides is 1. The molecule has 6 heteroatoms. The van der Waals surface area contributed by atoms with Gasteiger partial charge < -0.3 is 4.90 Å². The summed E-state index contributed by atoms with van der Waals surface area (Å²) < 4.78 is 0.981. The Bertz CT molecular complexity index is 907. The standard InChI is InChI=1S/C19H20ClN3OS/c1-13-7-4-5-8-14(13)18(24)23(12-11-22(2)3)19-21-17-15(20)9-6-10-16(17)25-19/h4-10H,11-12H2,1-3H3. The number of para-hydroxylation sites is 1. The molecule has 0 saturated heterocycles. The fourth-order valence-electron chi connectivity index (χ4n) is 2.56. The monoisotopic (exact) mass is 373 g/mol. The first-order valence-corrected chi connectivity index (χ1v) is 9.24. The Hall–Kier alpha value is -1.95. The normalized spacial score (nSPS) is 11.2. The second-order valence-corrected chi connectivity index (χ2v) is 7.57. The molecule has 0 fully saturated rings. The summed E-state index contributed by atoms with van der Waals surface area (Å²) in [5.74, 6) is -0.0323. The third-order valence-corrected chi connectivity index (χ3v) is 5.33. The van der Waals surface area contributed by atoms with Gasteiger partial charge in [0.2, 0.25) is 0 Å². The Morgan fingerprint density at radius 3 is 2.56 bits per heavy atom. The Morgan fingerprint density at radius 2 is 1.88 bits per heavy atom. The number of aryl methyl sites for hydroxylation is 1. The second kappa shape index (κ2) is 7.52. The van der Waals surface area contributed by atoms with Gasteiger partial charge in [0.15, 0.2) is 5.13 Å². The topological polar surface area (TPSA) is 36.4 Å². The van der Waals surface area contributed by atoms with Crippen molar-refractivity contribution >= 4 is 44.2 Å². The molecular formula is C19H20ClN3OS. The van der Waals surface area contributed by atoms with E-state index in [1.165, 1.54) is 11.3 Å². The van der Waals surface area contributed by atoms with Gasteiger partial charge in [0.25, 0.3) is 5.91 Å². The van der Waals surface area contributed by atoms with Gasteiger partial charge in [-0.1, -0.05) is 47.2 Å². The number of rotatable bonds is 5. The number of likely N-dealkylation sites (N-methyl/N-ethyl adjacent to an activating group) is 1. The van der Waals surface area contributed by atoms with Crippen LogP contribution in [0.25, 0.3) is 10.2 Å². The first kappa shape index (κ1) is 17.9. The molecule has 3 rings (SSSR count). The van der Waals surface area contributed by atoms with E-state index in [1.807, 2.05) is 63.5 Å².